The summed E-state index contributed by atoms with van der Waals surface area (Å²) in [5.41, 5.74) is 0. The van der Waals surface area contributed by atoms with Gasteiger partial charge in [-0.1, -0.05) is 19.8 Å². The summed E-state index contributed by atoms with van der Waals surface area (Å²) in [6.07, 6.45) is 3.57. The van der Waals surface area contributed by atoms with E-state index in [9.17, 15) is 0 Å². The molecule has 188 valence electrons. The molecule has 0 aliphatic heterocycles. The first kappa shape index (κ1) is 30.9. The van der Waals surface area contributed by atoms with E-state index in [1.807, 2.05) is 0 Å². The number of ether oxygens (including phenoxy) is 7. The molecule has 0 aliphatic carbocycles. The lowest BCUT2D eigenvalue weighted by Crippen LogP contribution is -2.27. The molecule has 0 aromatic carbocycles. The topological polar surface area (TPSA) is 73.8 Å². The Morgan fingerprint density at radius 1 is 0.387 bits per heavy atom. The number of unbranched alkanes of at least 4 members (excludes halogenated alkanes) is 2. The quantitative estimate of drug-likeness (QED) is 0.142. The van der Waals surface area contributed by atoms with E-state index < -0.39 is 8.32 Å². The van der Waals surface area contributed by atoms with Crippen LogP contribution in [0.25, 0.3) is 0 Å². The molecule has 31 heavy (non-hydrogen) atoms. The van der Waals surface area contributed by atoms with Crippen LogP contribution in [0.1, 0.15) is 26.2 Å². The van der Waals surface area contributed by atoms with Crippen LogP contribution in [-0.4, -0.2) is 107 Å². The summed E-state index contributed by atoms with van der Waals surface area (Å²) in [6, 6.07) is 0. The number of rotatable bonds is 26. The molecule has 0 heterocycles. The Labute approximate surface area is 191 Å². The first-order chi connectivity index (χ1) is 15.1. The fraction of sp³-hybridized carbons (Fsp3) is 1.00. The SMILES string of the molecule is CCCCCOCCOCCOCCOCCOCCOCCOCCO[Si](C)(C)C. The van der Waals surface area contributed by atoms with Gasteiger partial charge in [0.25, 0.3) is 0 Å². The van der Waals surface area contributed by atoms with Gasteiger partial charge in [-0.15, -0.1) is 0 Å². The van der Waals surface area contributed by atoms with Gasteiger partial charge in [-0.25, -0.2) is 0 Å². The molecule has 9 heteroatoms. The van der Waals surface area contributed by atoms with Crippen molar-refractivity contribution in [3.8, 4) is 0 Å². The van der Waals surface area contributed by atoms with Crippen LogP contribution in [0.4, 0.5) is 0 Å². The van der Waals surface area contributed by atoms with Crippen LogP contribution in [-0.2, 0) is 37.6 Å². The van der Waals surface area contributed by atoms with Crippen molar-refractivity contribution in [2.45, 2.75) is 45.8 Å². The van der Waals surface area contributed by atoms with Gasteiger partial charge in [0.15, 0.2) is 8.32 Å². The molecule has 0 aliphatic rings. The summed E-state index contributed by atoms with van der Waals surface area (Å²) in [5, 5.41) is 0. The Bertz CT molecular complexity index is 342. The molecule has 0 radical (unpaired) electrons. The van der Waals surface area contributed by atoms with Crippen molar-refractivity contribution < 1.29 is 37.6 Å². The smallest absolute Gasteiger partial charge is 0.183 e. The molecule has 0 spiro atoms. The van der Waals surface area contributed by atoms with Crippen LogP contribution in [0, 0.1) is 0 Å². The lowest BCUT2D eigenvalue weighted by molar-refractivity contribution is -0.0213. The predicted octanol–water partition coefficient (Wildman–Crippen LogP) is 3.14. The summed E-state index contributed by atoms with van der Waals surface area (Å²) < 4.78 is 43.9. The van der Waals surface area contributed by atoms with Crippen molar-refractivity contribution in [2.24, 2.45) is 0 Å². The molecule has 0 atom stereocenters. The van der Waals surface area contributed by atoms with Gasteiger partial charge in [-0.3, -0.25) is 0 Å². The third-order valence-corrected chi connectivity index (χ3v) is 4.96. The predicted molar refractivity (Wildman–Crippen MR) is 125 cm³/mol. The summed E-state index contributed by atoms with van der Waals surface area (Å²) in [4.78, 5) is 0. The summed E-state index contributed by atoms with van der Waals surface area (Å²) in [7, 11) is -1.43. The first-order valence-corrected chi connectivity index (χ1v) is 15.1. The minimum atomic E-state index is -1.43. The lowest BCUT2D eigenvalue weighted by Gasteiger charge is -2.16. The monoisotopic (exact) mass is 468 g/mol. The highest BCUT2D eigenvalue weighted by Gasteiger charge is 2.12. The van der Waals surface area contributed by atoms with E-state index in [1.165, 1.54) is 12.8 Å². The van der Waals surface area contributed by atoms with Crippen LogP contribution in [0.15, 0.2) is 0 Å². The first-order valence-electron chi connectivity index (χ1n) is 11.7. The van der Waals surface area contributed by atoms with Crippen molar-refractivity contribution in [3.05, 3.63) is 0 Å². The fourth-order valence-corrected chi connectivity index (χ4v) is 2.98. The second-order valence-corrected chi connectivity index (χ2v) is 12.5. The Hall–Kier alpha value is -0.103. The minimum Gasteiger partial charge on any atom is -0.415 e. The zero-order chi connectivity index (χ0) is 22.9. The minimum absolute atomic E-state index is 0.551. The molecule has 0 amide bonds. The molecule has 0 aromatic heterocycles. The Morgan fingerprint density at radius 3 is 0.968 bits per heavy atom. The van der Waals surface area contributed by atoms with Crippen LogP contribution in [0.2, 0.25) is 19.6 Å². The van der Waals surface area contributed by atoms with E-state index in [0.717, 1.165) is 13.0 Å². The largest absolute Gasteiger partial charge is 0.415 e. The summed E-state index contributed by atoms with van der Waals surface area (Å²) >= 11 is 0. The Morgan fingerprint density at radius 2 is 0.677 bits per heavy atom. The van der Waals surface area contributed by atoms with Crippen LogP contribution >= 0.6 is 0 Å². The Kier molecular flexibility index (Phi) is 24.5. The van der Waals surface area contributed by atoms with Gasteiger partial charge in [0.05, 0.1) is 92.5 Å². The van der Waals surface area contributed by atoms with Gasteiger partial charge in [0.1, 0.15) is 0 Å². The molecular formula is C22H48O8Si. The highest BCUT2D eigenvalue weighted by molar-refractivity contribution is 6.69. The molecule has 0 unspecified atom stereocenters. The second-order valence-electron chi connectivity index (χ2n) is 7.95. The highest BCUT2D eigenvalue weighted by atomic mass is 28.4. The Balaban J connectivity index is 3.02. The molecule has 0 saturated heterocycles. The van der Waals surface area contributed by atoms with Crippen molar-refractivity contribution >= 4 is 8.32 Å². The van der Waals surface area contributed by atoms with E-state index in [-0.39, 0.29) is 0 Å². The van der Waals surface area contributed by atoms with Crippen LogP contribution in [0.5, 0.6) is 0 Å². The van der Waals surface area contributed by atoms with Gasteiger partial charge in [0, 0.05) is 6.61 Å². The van der Waals surface area contributed by atoms with Gasteiger partial charge in [-0.05, 0) is 26.1 Å². The zero-order valence-corrected chi connectivity index (χ0v) is 21.5. The van der Waals surface area contributed by atoms with Crippen molar-refractivity contribution in [1.82, 2.24) is 0 Å². The zero-order valence-electron chi connectivity index (χ0n) is 20.5. The average Bonchev–Trinajstić information content (AvgIpc) is 2.73. The maximum absolute atomic E-state index is 5.70. The molecule has 0 bridgehead atoms. The standard InChI is InChI=1S/C22H48O8Si/c1-5-6-7-8-23-9-10-24-11-12-25-13-14-26-15-16-27-17-18-28-19-20-29-21-22-30-31(2,3)4/h5-22H2,1-4H3. The van der Waals surface area contributed by atoms with Gasteiger partial charge in [0.2, 0.25) is 0 Å². The van der Waals surface area contributed by atoms with Crippen LogP contribution < -0.4 is 0 Å². The highest BCUT2D eigenvalue weighted by Crippen LogP contribution is 2.01. The number of hydrogen-bond acceptors (Lipinski definition) is 8. The third-order valence-electron chi connectivity index (χ3n) is 3.89. The summed E-state index contributed by atoms with van der Waals surface area (Å²) in [6.45, 7) is 17.7. The maximum Gasteiger partial charge on any atom is 0.183 e. The van der Waals surface area contributed by atoms with E-state index >= 15 is 0 Å². The molecule has 0 saturated carbocycles. The van der Waals surface area contributed by atoms with Crippen molar-refractivity contribution in [3.63, 3.8) is 0 Å². The van der Waals surface area contributed by atoms with Gasteiger partial charge in [-0.2, -0.15) is 0 Å². The van der Waals surface area contributed by atoms with E-state index in [1.54, 1.807) is 0 Å². The summed E-state index contributed by atoms with van der Waals surface area (Å²) in [5.74, 6) is 0. The van der Waals surface area contributed by atoms with E-state index in [2.05, 4.69) is 26.6 Å². The molecular weight excluding hydrogens is 420 g/mol. The normalized spacial score (nSPS) is 12.0. The molecule has 0 fully saturated rings. The maximum atomic E-state index is 5.70. The fourth-order valence-electron chi connectivity index (χ4n) is 2.28. The van der Waals surface area contributed by atoms with Crippen LogP contribution in [0.3, 0.4) is 0 Å². The molecule has 8 nitrogen and oxygen atoms in total. The average molecular weight is 469 g/mol. The van der Waals surface area contributed by atoms with Crippen molar-refractivity contribution in [1.29, 1.82) is 0 Å². The molecule has 0 rings (SSSR count). The van der Waals surface area contributed by atoms with E-state index in [0.29, 0.717) is 92.5 Å². The second kappa shape index (κ2) is 24.5. The molecule has 0 aromatic rings. The lowest BCUT2D eigenvalue weighted by atomic mass is 10.3. The van der Waals surface area contributed by atoms with Crippen molar-refractivity contribution in [2.75, 3.05) is 99.1 Å². The van der Waals surface area contributed by atoms with Gasteiger partial charge >= 0.3 is 0 Å². The molecule has 0 N–H and O–H groups in total. The third kappa shape index (κ3) is 29.9. The van der Waals surface area contributed by atoms with E-state index in [4.69, 9.17) is 37.6 Å². The van der Waals surface area contributed by atoms with Gasteiger partial charge < -0.3 is 37.6 Å². The number of hydrogen-bond donors (Lipinski definition) is 0.